The average Bonchev–Trinajstić information content (AvgIpc) is 2.63. The highest BCUT2D eigenvalue weighted by Gasteiger charge is 2.17. The number of likely N-dealkylation sites (tertiary alicyclic amines) is 1. The van der Waals surface area contributed by atoms with Gasteiger partial charge in [-0.3, -0.25) is 0 Å². The fourth-order valence-electron chi connectivity index (χ4n) is 3.27. The van der Waals surface area contributed by atoms with Crippen LogP contribution in [-0.2, 0) is 13.0 Å². The number of hydrogen-bond acceptors (Lipinski definition) is 3. The fourth-order valence-corrected chi connectivity index (χ4v) is 3.27. The Morgan fingerprint density at radius 1 is 1.28 bits per heavy atom. The number of β-amino-alcohol motifs (C(OH)–C–C–N with tert-alkyl or cyclic N) is 1. The van der Waals surface area contributed by atoms with Crippen molar-refractivity contribution in [3.8, 4) is 0 Å². The Labute approximate surface area is 152 Å². The Balaban J connectivity index is 1.70. The predicted octanol–water partition coefficient (Wildman–Crippen LogP) is 2.63. The molecule has 1 aromatic carbocycles. The van der Waals surface area contributed by atoms with Crippen molar-refractivity contribution in [3.05, 3.63) is 35.4 Å². The van der Waals surface area contributed by atoms with E-state index < -0.39 is 0 Å². The molecule has 2 amide bonds. The second-order valence-corrected chi connectivity index (χ2v) is 6.87. The van der Waals surface area contributed by atoms with E-state index in [-0.39, 0.29) is 12.1 Å². The van der Waals surface area contributed by atoms with Gasteiger partial charge in [0.05, 0.1) is 6.10 Å². The van der Waals surface area contributed by atoms with Gasteiger partial charge in [0.15, 0.2) is 0 Å². The number of hydrogen-bond donors (Lipinski definition) is 2. The molecule has 1 aliphatic heterocycles. The van der Waals surface area contributed by atoms with Crippen LogP contribution < -0.4 is 5.32 Å². The monoisotopic (exact) mass is 347 g/mol. The van der Waals surface area contributed by atoms with E-state index >= 15 is 0 Å². The summed E-state index contributed by atoms with van der Waals surface area (Å²) in [5.41, 5.74) is 2.48. The van der Waals surface area contributed by atoms with E-state index in [0.717, 1.165) is 50.9 Å². The van der Waals surface area contributed by atoms with Gasteiger partial charge in [-0.15, -0.1) is 0 Å². The first kappa shape index (κ1) is 19.7. The third-order valence-electron chi connectivity index (χ3n) is 4.88. The summed E-state index contributed by atoms with van der Waals surface area (Å²) in [5, 5.41) is 12.7. The summed E-state index contributed by atoms with van der Waals surface area (Å²) in [4.78, 5) is 16.5. The molecule has 0 unspecified atom stereocenters. The number of amides is 2. The lowest BCUT2D eigenvalue weighted by molar-refractivity contribution is 0.0702. The van der Waals surface area contributed by atoms with E-state index in [1.165, 1.54) is 5.56 Å². The molecule has 0 aliphatic carbocycles. The standard InChI is InChI=1S/C20H33N3O2/c1-3-17-8-10-18(11-9-17)15-23(4-2)20(25)21-12-6-14-22-13-5-7-19(24)16-22/h8-11,19,24H,3-7,12-16H2,1-2H3,(H,21,25)/t19-/m0/s1. The molecule has 0 bridgehead atoms. The van der Waals surface area contributed by atoms with Crippen LogP contribution in [0.2, 0.25) is 0 Å². The van der Waals surface area contributed by atoms with Crippen molar-refractivity contribution in [3.63, 3.8) is 0 Å². The average molecular weight is 348 g/mol. The van der Waals surface area contributed by atoms with Crippen molar-refractivity contribution in [2.45, 2.75) is 52.2 Å². The van der Waals surface area contributed by atoms with Crippen LogP contribution in [0.25, 0.3) is 0 Å². The minimum absolute atomic E-state index is 0.000692. The van der Waals surface area contributed by atoms with Crippen LogP contribution in [0.15, 0.2) is 24.3 Å². The van der Waals surface area contributed by atoms with Crippen LogP contribution >= 0.6 is 0 Å². The molecule has 0 spiro atoms. The van der Waals surface area contributed by atoms with Crippen molar-refractivity contribution >= 4 is 6.03 Å². The third-order valence-corrected chi connectivity index (χ3v) is 4.88. The van der Waals surface area contributed by atoms with Gasteiger partial charge < -0.3 is 20.2 Å². The molecule has 1 atom stereocenters. The zero-order chi connectivity index (χ0) is 18.1. The first-order valence-corrected chi connectivity index (χ1v) is 9.63. The Hall–Kier alpha value is -1.59. The second kappa shape index (κ2) is 10.4. The van der Waals surface area contributed by atoms with Gasteiger partial charge in [-0.25, -0.2) is 4.79 Å². The highest BCUT2D eigenvalue weighted by atomic mass is 16.3. The number of nitrogens with one attached hydrogen (secondary N) is 1. The molecule has 1 aliphatic rings. The number of carbonyl (C=O) groups excluding carboxylic acids is 1. The number of carbonyl (C=O) groups is 1. The summed E-state index contributed by atoms with van der Waals surface area (Å²) in [6, 6.07) is 8.48. The molecule has 5 nitrogen and oxygen atoms in total. The molecule has 1 aromatic rings. The molecule has 1 heterocycles. The molecule has 25 heavy (non-hydrogen) atoms. The number of nitrogens with zero attached hydrogens (tertiary/aromatic N) is 2. The molecule has 2 N–H and O–H groups in total. The Kier molecular flexibility index (Phi) is 8.22. The van der Waals surface area contributed by atoms with Crippen molar-refractivity contribution < 1.29 is 9.90 Å². The van der Waals surface area contributed by atoms with Gasteiger partial charge in [0.1, 0.15) is 0 Å². The zero-order valence-corrected chi connectivity index (χ0v) is 15.7. The van der Waals surface area contributed by atoms with Crippen LogP contribution in [0.4, 0.5) is 4.79 Å². The van der Waals surface area contributed by atoms with E-state index in [0.29, 0.717) is 19.6 Å². The lowest BCUT2D eigenvalue weighted by atomic mass is 10.1. The normalized spacial score (nSPS) is 18.1. The maximum atomic E-state index is 12.4. The highest BCUT2D eigenvalue weighted by molar-refractivity contribution is 5.74. The predicted molar refractivity (Wildman–Crippen MR) is 102 cm³/mol. The number of piperidine rings is 1. The summed E-state index contributed by atoms with van der Waals surface area (Å²) in [6.07, 6.45) is 3.75. The quantitative estimate of drug-likeness (QED) is 0.711. The molecular formula is C20H33N3O2. The minimum Gasteiger partial charge on any atom is -0.392 e. The number of urea groups is 1. The number of aliphatic hydroxyl groups excluding tert-OH is 1. The molecule has 0 aromatic heterocycles. The van der Waals surface area contributed by atoms with Crippen LogP contribution in [-0.4, -0.2) is 59.8 Å². The maximum Gasteiger partial charge on any atom is 0.317 e. The molecule has 1 fully saturated rings. The maximum absolute atomic E-state index is 12.4. The molecule has 1 saturated heterocycles. The van der Waals surface area contributed by atoms with Crippen molar-refractivity contribution in [2.75, 3.05) is 32.7 Å². The fraction of sp³-hybridized carbons (Fsp3) is 0.650. The number of aliphatic hydroxyl groups is 1. The molecule has 0 radical (unpaired) electrons. The molecular weight excluding hydrogens is 314 g/mol. The molecule has 140 valence electrons. The van der Waals surface area contributed by atoms with Crippen LogP contribution in [0.5, 0.6) is 0 Å². The topological polar surface area (TPSA) is 55.8 Å². The van der Waals surface area contributed by atoms with Gasteiger partial charge in [-0.1, -0.05) is 31.2 Å². The number of aryl methyl sites for hydroxylation is 1. The molecule has 2 rings (SSSR count). The van der Waals surface area contributed by atoms with Gasteiger partial charge in [-0.05, 0) is 56.8 Å². The summed E-state index contributed by atoms with van der Waals surface area (Å²) < 4.78 is 0. The summed E-state index contributed by atoms with van der Waals surface area (Å²) >= 11 is 0. The van der Waals surface area contributed by atoms with E-state index in [4.69, 9.17) is 0 Å². The van der Waals surface area contributed by atoms with E-state index in [2.05, 4.69) is 41.4 Å². The Morgan fingerprint density at radius 3 is 2.64 bits per heavy atom. The van der Waals surface area contributed by atoms with Crippen LogP contribution in [0.1, 0.15) is 44.2 Å². The number of rotatable bonds is 8. The number of benzene rings is 1. The lowest BCUT2D eigenvalue weighted by Gasteiger charge is -2.30. The molecule has 5 heteroatoms. The summed E-state index contributed by atoms with van der Waals surface area (Å²) in [5.74, 6) is 0. The van der Waals surface area contributed by atoms with E-state index in [1.54, 1.807) is 0 Å². The summed E-state index contributed by atoms with van der Waals surface area (Å²) in [6.45, 7) is 8.92. The van der Waals surface area contributed by atoms with Crippen LogP contribution in [0, 0.1) is 0 Å². The van der Waals surface area contributed by atoms with Gasteiger partial charge in [0.2, 0.25) is 0 Å². The highest BCUT2D eigenvalue weighted by Crippen LogP contribution is 2.10. The van der Waals surface area contributed by atoms with Crippen LogP contribution in [0.3, 0.4) is 0 Å². The lowest BCUT2D eigenvalue weighted by Crippen LogP contribution is -2.42. The van der Waals surface area contributed by atoms with Crippen molar-refractivity contribution in [1.82, 2.24) is 15.1 Å². The first-order valence-electron chi connectivity index (χ1n) is 9.63. The van der Waals surface area contributed by atoms with Gasteiger partial charge in [-0.2, -0.15) is 0 Å². The van der Waals surface area contributed by atoms with Gasteiger partial charge in [0.25, 0.3) is 0 Å². The largest absolute Gasteiger partial charge is 0.392 e. The smallest absolute Gasteiger partial charge is 0.317 e. The SMILES string of the molecule is CCc1ccc(CN(CC)C(=O)NCCCN2CCC[C@H](O)C2)cc1. The Morgan fingerprint density at radius 2 is 2.00 bits per heavy atom. The van der Waals surface area contributed by atoms with Gasteiger partial charge >= 0.3 is 6.03 Å². The van der Waals surface area contributed by atoms with Crippen molar-refractivity contribution in [1.29, 1.82) is 0 Å². The van der Waals surface area contributed by atoms with Gasteiger partial charge in [0, 0.05) is 26.2 Å². The van der Waals surface area contributed by atoms with E-state index in [1.807, 2.05) is 11.8 Å². The zero-order valence-electron chi connectivity index (χ0n) is 15.7. The van der Waals surface area contributed by atoms with E-state index in [9.17, 15) is 9.90 Å². The Bertz CT molecular complexity index is 518. The summed E-state index contributed by atoms with van der Waals surface area (Å²) in [7, 11) is 0. The molecule has 0 saturated carbocycles. The third kappa shape index (κ3) is 6.67. The first-order chi connectivity index (χ1) is 12.1. The van der Waals surface area contributed by atoms with Crippen molar-refractivity contribution in [2.24, 2.45) is 0 Å². The second-order valence-electron chi connectivity index (χ2n) is 6.87. The minimum atomic E-state index is -0.182.